The lowest BCUT2D eigenvalue weighted by Gasteiger charge is -2.28. The molecule has 3 aromatic carbocycles. The van der Waals surface area contributed by atoms with Crippen LogP contribution >= 0.6 is 0 Å². The number of anilines is 1. The van der Waals surface area contributed by atoms with Gasteiger partial charge in [0.2, 0.25) is 0 Å². The van der Waals surface area contributed by atoms with Gasteiger partial charge < -0.3 is 0 Å². The van der Waals surface area contributed by atoms with Gasteiger partial charge in [-0.05, 0) is 30.0 Å². The molecule has 1 aliphatic rings. The summed E-state index contributed by atoms with van der Waals surface area (Å²) in [6.45, 7) is 1.71. The Hall–Kier alpha value is -3.54. The number of amides is 2. The zero-order valence-electron chi connectivity index (χ0n) is 13.2. The molecule has 0 saturated carbocycles. The Kier molecular flexibility index (Phi) is 3.15. The molecule has 0 fully saturated rings. The summed E-state index contributed by atoms with van der Waals surface area (Å²) < 4.78 is 0. The third-order valence-electron chi connectivity index (χ3n) is 4.42. The molecule has 0 spiro atoms. The van der Waals surface area contributed by atoms with Crippen LogP contribution in [0.3, 0.4) is 0 Å². The van der Waals surface area contributed by atoms with E-state index in [0.29, 0.717) is 22.1 Å². The van der Waals surface area contributed by atoms with Gasteiger partial charge in [-0.1, -0.05) is 30.3 Å². The number of nitrogens with zero attached hydrogens (tertiary/aromatic N) is 2. The van der Waals surface area contributed by atoms with Crippen LogP contribution in [0.15, 0.2) is 54.6 Å². The molecule has 25 heavy (non-hydrogen) atoms. The van der Waals surface area contributed by atoms with E-state index in [4.69, 9.17) is 0 Å². The van der Waals surface area contributed by atoms with Gasteiger partial charge in [-0.2, -0.15) is 0 Å². The predicted octanol–water partition coefficient (Wildman–Crippen LogP) is 3.86. The Morgan fingerprint density at radius 3 is 2.08 bits per heavy atom. The van der Waals surface area contributed by atoms with E-state index in [2.05, 4.69) is 0 Å². The van der Waals surface area contributed by atoms with E-state index in [1.54, 1.807) is 31.2 Å². The van der Waals surface area contributed by atoms with Gasteiger partial charge in [-0.15, -0.1) is 0 Å². The summed E-state index contributed by atoms with van der Waals surface area (Å²) in [5.41, 5.74) is 1.50. The van der Waals surface area contributed by atoms with Crippen LogP contribution in [-0.2, 0) is 0 Å². The molecule has 0 aromatic heterocycles. The molecule has 0 radical (unpaired) electrons. The fraction of sp³-hybridized carbons (Fsp3) is 0.0526. The highest BCUT2D eigenvalue weighted by molar-refractivity contribution is 6.36. The third kappa shape index (κ3) is 2.11. The molecule has 0 aliphatic carbocycles. The molecule has 2 amide bonds. The molecule has 122 valence electrons. The first-order chi connectivity index (χ1) is 12.0. The number of aryl methyl sites for hydroxylation is 1. The summed E-state index contributed by atoms with van der Waals surface area (Å²) in [6, 6.07) is 14.7. The maximum atomic E-state index is 13.0. The number of carbonyl (C=O) groups excluding carboxylic acids is 2. The van der Waals surface area contributed by atoms with Crippen molar-refractivity contribution in [3.8, 4) is 0 Å². The average molecular weight is 332 g/mol. The highest BCUT2D eigenvalue weighted by Crippen LogP contribution is 2.35. The molecule has 0 N–H and O–H groups in total. The second kappa shape index (κ2) is 5.24. The lowest BCUT2D eigenvalue weighted by molar-refractivity contribution is -0.384. The number of rotatable bonds is 2. The Morgan fingerprint density at radius 1 is 0.920 bits per heavy atom. The monoisotopic (exact) mass is 332 g/mol. The number of hydrogen-bond acceptors (Lipinski definition) is 4. The standard InChI is InChI=1S/C19H12N2O4/c1-11-8-9-13(21(24)25)10-16(11)20-18(22)14-6-2-4-12-5-3-7-15(17(12)14)19(20)23/h2-10H,1H3. The van der Waals surface area contributed by atoms with Crippen LogP contribution in [0, 0.1) is 17.0 Å². The van der Waals surface area contributed by atoms with Crippen molar-refractivity contribution in [2.24, 2.45) is 0 Å². The third-order valence-corrected chi connectivity index (χ3v) is 4.42. The minimum absolute atomic E-state index is 0.168. The molecular formula is C19H12N2O4. The quantitative estimate of drug-likeness (QED) is 0.405. The molecule has 6 nitrogen and oxygen atoms in total. The summed E-state index contributed by atoms with van der Waals surface area (Å²) in [6.07, 6.45) is 0. The fourth-order valence-corrected chi connectivity index (χ4v) is 3.20. The Labute approximate surface area is 142 Å². The van der Waals surface area contributed by atoms with Crippen LogP contribution in [0.25, 0.3) is 10.8 Å². The second-order valence-corrected chi connectivity index (χ2v) is 5.88. The fourth-order valence-electron chi connectivity index (χ4n) is 3.20. The van der Waals surface area contributed by atoms with Crippen molar-refractivity contribution in [3.63, 3.8) is 0 Å². The Balaban J connectivity index is 1.98. The molecule has 6 heteroatoms. The molecule has 1 aliphatic heterocycles. The van der Waals surface area contributed by atoms with E-state index in [1.165, 1.54) is 18.2 Å². The Bertz CT molecular complexity index is 1040. The zero-order chi connectivity index (χ0) is 17.7. The van der Waals surface area contributed by atoms with E-state index in [1.807, 2.05) is 12.1 Å². The van der Waals surface area contributed by atoms with Crippen LogP contribution in [-0.4, -0.2) is 16.7 Å². The van der Waals surface area contributed by atoms with E-state index in [0.717, 1.165) is 10.3 Å². The van der Waals surface area contributed by atoms with Gasteiger partial charge in [0.05, 0.1) is 10.6 Å². The van der Waals surface area contributed by atoms with Crippen LogP contribution in [0.5, 0.6) is 0 Å². The normalized spacial score (nSPS) is 13.4. The van der Waals surface area contributed by atoms with Crippen molar-refractivity contribution in [3.05, 3.63) is 81.4 Å². The molecule has 0 unspecified atom stereocenters. The van der Waals surface area contributed by atoms with Gasteiger partial charge >= 0.3 is 0 Å². The number of benzene rings is 3. The molecule has 0 bridgehead atoms. The largest absolute Gasteiger partial charge is 0.271 e. The number of hydrogen-bond donors (Lipinski definition) is 0. The highest BCUT2D eigenvalue weighted by atomic mass is 16.6. The van der Waals surface area contributed by atoms with Gasteiger partial charge in [-0.25, -0.2) is 4.90 Å². The molecule has 0 atom stereocenters. The first-order valence-corrected chi connectivity index (χ1v) is 7.64. The molecule has 0 saturated heterocycles. The predicted molar refractivity (Wildman–Crippen MR) is 92.9 cm³/mol. The van der Waals surface area contributed by atoms with Gasteiger partial charge in [0.15, 0.2) is 0 Å². The van der Waals surface area contributed by atoms with Gasteiger partial charge in [-0.3, -0.25) is 19.7 Å². The maximum absolute atomic E-state index is 13.0. The van der Waals surface area contributed by atoms with E-state index in [-0.39, 0.29) is 11.4 Å². The molecule has 3 aromatic rings. The molecule has 1 heterocycles. The maximum Gasteiger partial charge on any atom is 0.271 e. The van der Waals surface area contributed by atoms with Crippen molar-refractivity contribution >= 4 is 34.0 Å². The summed E-state index contributed by atoms with van der Waals surface area (Å²) in [5, 5.41) is 12.5. The highest BCUT2D eigenvalue weighted by Gasteiger charge is 2.35. The van der Waals surface area contributed by atoms with Gasteiger partial charge in [0.25, 0.3) is 17.5 Å². The minimum atomic E-state index is -0.545. The molecule has 4 rings (SSSR count). The summed E-state index contributed by atoms with van der Waals surface area (Å²) in [7, 11) is 0. The number of carbonyl (C=O) groups is 2. The molecular weight excluding hydrogens is 320 g/mol. The van der Waals surface area contributed by atoms with Gasteiger partial charge in [0, 0.05) is 28.6 Å². The zero-order valence-corrected chi connectivity index (χ0v) is 13.2. The van der Waals surface area contributed by atoms with Crippen molar-refractivity contribution < 1.29 is 14.5 Å². The summed E-state index contributed by atoms with van der Waals surface area (Å²) >= 11 is 0. The summed E-state index contributed by atoms with van der Waals surface area (Å²) in [5.74, 6) is -0.948. The van der Waals surface area contributed by atoms with Crippen molar-refractivity contribution in [2.45, 2.75) is 6.92 Å². The number of nitro groups is 1. The summed E-state index contributed by atoms with van der Waals surface area (Å²) in [4.78, 5) is 37.5. The van der Waals surface area contributed by atoms with Gasteiger partial charge in [0.1, 0.15) is 0 Å². The van der Waals surface area contributed by atoms with E-state index >= 15 is 0 Å². The lowest BCUT2D eigenvalue weighted by Crippen LogP contribution is -2.40. The van der Waals surface area contributed by atoms with Crippen molar-refractivity contribution in [1.82, 2.24) is 0 Å². The number of imide groups is 1. The lowest BCUT2D eigenvalue weighted by atomic mass is 9.93. The number of non-ortho nitro benzene ring substituents is 1. The van der Waals surface area contributed by atoms with Crippen molar-refractivity contribution in [1.29, 1.82) is 0 Å². The van der Waals surface area contributed by atoms with Crippen LogP contribution < -0.4 is 4.90 Å². The van der Waals surface area contributed by atoms with E-state index < -0.39 is 16.7 Å². The topological polar surface area (TPSA) is 80.5 Å². The minimum Gasteiger partial charge on any atom is -0.268 e. The number of nitro benzene ring substituents is 1. The van der Waals surface area contributed by atoms with E-state index in [9.17, 15) is 19.7 Å². The first-order valence-electron chi connectivity index (χ1n) is 7.64. The van der Waals surface area contributed by atoms with Crippen LogP contribution in [0.1, 0.15) is 26.3 Å². The van der Waals surface area contributed by atoms with Crippen LogP contribution in [0.4, 0.5) is 11.4 Å². The van der Waals surface area contributed by atoms with Crippen LogP contribution in [0.2, 0.25) is 0 Å². The average Bonchev–Trinajstić information content (AvgIpc) is 2.61. The SMILES string of the molecule is Cc1ccc([N+](=O)[O-])cc1N1C(=O)c2cccc3cccc(c23)C1=O. The first kappa shape index (κ1) is 15.0. The van der Waals surface area contributed by atoms with Crippen molar-refractivity contribution in [2.75, 3.05) is 4.90 Å². The smallest absolute Gasteiger partial charge is 0.268 e. The second-order valence-electron chi connectivity index (χ2n) is 5.88. The Morgan fingerprint density at radius 2 is 1.52 bits per heavy atom.